The van der Waals surface area contributed by atoms with Gasteiger partial charge >= 0.3 is 11.6 Å². The summed E-state index contributed by atoms with van der Waals surface area (Å²) in [6, 6.07) is 13.9. The summed E-state index contributed by atoms with van der Waals surface area (Å²) < 4.78 is 42.3. The molecule has 0 fully saturated rings. The van der Waals surface area contributed by atoms with E-state index in [0.29, 0.717) is 40.7 Å². The summed E-state index contributed by atoms with van der Waals surface area (Å²) >= 11 is 0. The fourth-order valence-electron chi connectivity index (χ4n) is 3.66. The third-order valence-electron chi connectivity index (χ3n) is 5.26. The fraction of sp³-hybridized carbons (Fsp3) is 0.261. The second-order valence-electron chi connectivity index (χ2n) is 7.78. The first-order valence-corrected chi connectivity index (χ1v) is 12.2. The van der Waals surface area contributed by atoms with Gasteiger partial charge in [-0.25, -0.2) is 9.78 Å². The molecule has 0 saturated carbocycles. The second-order valence-corrected chi connectivity index (χ2v) is 9.35. The molecular weight excluding hydrogens is 464 g/mol. The molecule has 0 radical (unpaired) electrons. The van der Waals surface area contributed by atoms with E-state index in [2.05, 4.69) is 4.98 Å². The van der Waals surface area contributed by atoms with E-state index in [4.69, 9.17) is 18.5 Å². The van der Waals surface area contributed by atoms with Gasteiger partial charge in [0.1, 0.15) is 16.7 Å². The first-order chi connectivity index (χ1) is 16.2. The van der Waals surface area contributed by atoms with E-state index in [9.17, 15) is 18.0 Å². The number of carbonyl (C=O) groups is 1. The highest BCUT2D eigenvalue weighted by molar-refractivity contribution is 7.85. The van der Waals surface area contributed by atoms with Crippen LogP contribution in [0.5, 0.6) is 0 Å². The SMILES string of the molecule is O=C(O)CCCN(CCCS(=O)(=O)O)c1ccc2cc(-c3nc4ccccc4o3)c(=O)oc2c1. The van der Waals surface area contributed by atoms with Gasteiger partial charge in [0, 0.05) is 36.7 Å². The van der Waals surface area contributed by atoms with E-state index in [0.717, 1.165) is 0 Å². The first kappa shape index (κ1) is 23.5. The van der Waals surface area contributed by atoms with Crippen LogP contribution in [0.4, 0.5) is 5.69 Å². The maximum Gasteiger partial charge on any atom is 0.349 e. The Bertz CT molecular complexity index is 1470. The number of para-hydroxylation sites is 2. The average molecular weight is 487 g/mol. The fourth-order valence-corrected chi connectivity index (χ4v) is 4.16. The van der Waals surface area contributed by atoms with Gasteiger partial charge in [-0.3, -0.25) is 9.35 Å². The van der Waals surface area contributed by atoms with E-state index in [1.54, 1.807) is 47.4 Å². The maximum absolute atomic E-state index is 12.7. The molecule has 10 nitrogen and oxygen atoms in total. The molecule has 0 amide bonds. The molecule has 0 saturated heterocycles. The molecule has 0 spiro atoms. The van der Waals surface area contributed by atoms with Crippen molar-refractivity contribution in [1.29, 1.82) is 0 Å². The molecule has 0 aliphatic carbocycles. The Labute approximate surface area is 194 Å². The monoisotopic (exact) mass is 486 g/mol. The molecule has 11 heteroatoms. The van der Waals surface area contributed by atoms with Gasteiger partial charge in [0.15, 0.2) is 5.58 Å². The van der Waals surface area contributed by atoms with Crippen LogP contribution in [0.15, 0.2) is 62.2 Å². The predicted octanol–water partition coefficient (Wildman–Crippen LogP) is 3.55. The van der Waals surface area contributed by atoms with E-state index in [1.807, 2.05) is 6.07 Å². The zero-order valence-electron chi connectivity index (χ0n) is 18.0. The molecule has 4 aromatic rings. The normalized spacial score (nSPS) is 11.8. The molecule has 0 aliphatic heterocycles. The number of aromatic nitrogens is 1. The molecule has 0 unspecified atom stereocenters. The summed E-state index contributed by atoms with van der Waals surface area (Å²) in [5.74, 6) is -1.20. The van der Waals surface area contributed by atoms with Crippen molar-refractivity contribution in [2.24, 2.45) is 0 Å². The Balaban J connectivity index is 1.63. The lowest BCUT2D eigenvalue weighted by atomic mass is 10.1. The first-order valence-electron chi connectivity index (χ1n) is 10.6. The van der Waals surface area contributed by atoms with Crippen LogP contribution in [0.1, 0.15) is 19.3 Å². The molecule has 178 valence electrons. The predicted molar refractivity (Wildman–Crippen MR) is 126 cm³/mol. The third kappa shape index (κ3) is 5.61. The standard InChI is InChI=1S/C23H22N2O8S/c26-21(27)7-3-10-25(11-4-12-34(29,30)31)16-9-8-15-13-17(23(28)33-20(15)14-16)22-24-18-5-1-2-6-19(18)32-22/h1-2,5-6,8-9,13-14H,3-4,7,10-12H2,(H,26,27)(H,29,30,31). The van der Waals surface area contributed by atoms with Crippen LogP contribution in [0, 0.1) is 0 Å². The number of hydrogen-bond acceptors (Lipinski definition) is 8. The van der Waals surface area contributed by atoms with E-state index < -0.39 is 27.5 Å². The van der Waals surface area contributed by atoms with Crippen molar-refractivity contribution < 1.29 is 31.7 Å². The lowest BCUT2D eigenvalue weighted by Crippen LogP contribution is -2.27. The van der Waals surface area contributed by atoms with E-state index in [-0.39, 0.29) is 30.8 Å². The van der Waals surface area contributed by atoms with Gasteiger partial charge in [-0.15, -0.1) is 0 Å². The molecule has 34 heavy (non-hydrogen) atoms. The molecule has 4 rings (SSSR count). The number of hydrogen-bond donors (Lipinski definition) is 2. The van der Waals surface area contributed by atoms with Crippen LogP contribution in [0.2, 0.25) is 0 Å². The summed E-state index contributed by atoms with van der Waals surface area (Å²) in [5.41, 5.74) is 1.66. The summed E-state index contributed by atoms with van der Waals surface area (Å²) in [5, 5.41) is 9.55. The number of aliphatic carboxylic acids is 1. The molecule has 0 bridgehead atoms. The number of anilines is 1. The van der Waals surface area contributed by atoms with Crippen molar-refractivity contribution in [1.82, 2.24) is 4.98 Å². The van der Waals surface area contributed by atoms with Crippen LogP contribution in [-0.4, -0.2) is 47.9 Å². The van der Waals surface area contributed by atoms with Gasteiger partial charge in [0.25, 0.3) is 10.1 Å². The number of fused-ring (bicyclic) bond motifs is 2. The van der Waals surface area contributed by atoms with Crippen LogP contribution < -0.4 is 10.5 Å². The number of benzene rings is 2. The third-order valence-corrected chi connectivity index (χ3v) is 6.06. The maximum atomic E-state index is 12.7. The summed E-state index contributed by atoms with van der Waals surface area (Å²) in [6.07, 6.45) is 0.426. The molecule has 2 aromatic heterocycles. The van der Waals surface area contributed by atoms with Crippen molar-refractivity contribution in [2.45, 2.75) is 19.3 Å². The molecule has 0 aliphatic rings. The van der Waals surface area contributed by atoms with Crippen LogP contribution in [0.3, 0.4) is 0 Å². The smallest absolute Gasteiger partial charge is 0.349 e. The number of nitrogens with zero attached hydrogens (tertiary/aromatic N) is 2. The Hall–Kier alpha value is -3.70. The minimum Gasteiger partial charge on any atom is -0.481 e. The highest BCUT2D eigenvalue weighted by Crippen LogP contribution is 2.27. The Morgan fingerprint density at radius 1 is 1.00 bits per heavy atom. The Kier molecular flexibility index (Phi) is 6.66. The van der Waals surface area contributed by atoms with Gasteiger partial charge in [0.2, 0.25) is 5.89 Å². The van der Waals surface area contributed by atoms with Gasteiger partial charge in [0.05, 0.1) is 5.75 Å². The Morgan fingerprint density at radius 2 is 1.76 bits per heavy atom. The van der Waals surface area contributed by atoms with Gasteiger partial charge in [-0.05, 0) is 43.2 Å². The molecular formula is C23H22N2O8S. The summed E-state index contributed by atoms with van der Waals surface area (Å²) in [4.78, 5) is 29.7. The minimum absolute atomic E-state index is 0.0503. The van der Waals surface area contributed by atoms with Gasteiger partial charge < -0.3 is 18.8 Å². The molecule has 2 aromatic carbocycles. The quantitative estimate of drug-likeness (QED) is 0.251. The largest absolute Gasteiger partial charge is 0.481 e. The van der Waals surface area contributed by atoms with Crippen LogP contribution >= 0.6 is 0 Å². The zero-order chi connectivity index (χ0) is 24.3. The average Bonchev–Trinajstić information content (AvgIpc) is 3.20. The molecule has 0 atom stereocenters. The molecule has 2 heterocycles. The second kappa shape index (κ2) is 9.65. The van der Waals surface area contributed by atoms with Crippen molar-refractivity contribution >= 4 is 43.8 Å². The minimum atomic E-state index is -4.11. The number of carboxylic acids is 1. The Morgan fingerprint density at radius 3 is 2.50 bits per heavy atom. The lowest BCUT2D eigenvalue weighted by molar-refractivity contribution is -0.137. The van der Waals surface area contributed by atoms with Crippen molar-refractivity contribution in [2.75, 3.05) is 23.7 Å². The van der Waals surface area contributed by atoms with Gasteiger partial charge in [-0.2, -0.15) is 8.42 Å². The summed E-state index contributed by atoms with van der Waals surface area (Å²) in [6.45, 7) is 0.602. The van der Waals surface area contributed by atoms with E-state index >= 15 is 0 Å². The topological polar surface area (TPSA) is 151 Å². The van der Waals surface area contributed by atoms with Crippen LogP contribution in [-0.2, 0) is 14.9 Å². The molecule has 2 N–H and O–H groups in total. The van der Waals surface area contributed by atoms with Gasteiger partial charge in [-0.1, -0.05) is 12.1 Å². The lowest BCUT2D eigenvalue weighted by Gasteiger charge is -2.24. The number of oxazole rings is 1. The van der Waals surface area contributed by atoms with E-state index in [1.165, 1.54) is 0 Å². The highest BCUT2D eigenvalue weighted by atomic mass is 32.2. The van der Waals surface area contributed by atoms with Crippen molar-refractivity contribution in [3.8, 4) is 11.5 Å². The summed E-state index contributed by atoms with van der Waals surface area (Å²) in [7, 11) is -4.11. The highest BCUT2D eigenvalue weighted by Gasteiger charge is 2.16. The number of rotatable bonds is 10. The van der Waals surface area contributed by atoms with Crippen LogP contribution in [0.25, 0.3) is 33.5 Å². The van der Waals surface area contributed by atoms with Crippen molar-refractivity contribution in [3.63, 3.8) is 0 Å². The van der Waals surface area contributed by atoms with Crippen molar-refractivity contribution in [3.05, 3.63) is 59.0 Å². The zero-order valence-corrected chi connectivity index (χ0v) is 18.8. The number of carboxylic acid groups (broad SMARTS) is 1.